The number of para-hydroxylation sites is 1. The molecule has 4 rings (SSSR count). The molecule has 0 saturated carbocycles. The van der Waals surface area contributed by atoms with Gasteiger partial charge in [0.15, 0.2) is 22.8 Å². The first-order chi connectivity index (χ1) is 15.5. The van der Waals surface area contributed by atoms with E-state index in [1.165, 1.54) is 0 Å². The van der Waals surface area contributed by atoms with Gasteiger partial charge in [-0.25, -0.2) is 4.52 Å². The van der Waals surface area contributed by atoms with Gasteiger partial charge >= 0.3 is 0 Å². The Bertz CT molecular complexity index is 1320. The van der Waals surface area contributed by atoms with E-state index in [0.29, 0.717) is 40.0 Å². The maximum Gasteiger partial charge on any atom is 0.278 e. The van der Waals surface area contributed by atoms with Crippen molar-refractivity contribution in [3.05, 3.63) is 64.6 Å². The van der Waals surface area contributed by atoms with Gasteiger partial charge in [-0.2, -0.15) is 5.10 Å². The number of aryl methyl sites for hydroxylation is 2. The first-order valence-corrected chi connectivity index (χ1v) is 10.4. The topological polar surface area (TPSA) is 90.6 Å². The van der Waals surface area contributed by atoms with Gasteiger partial charge in [-0.15, -0.1) is 10.2 Å². The number of ether oxygens (including phenoxy) is 2. The highest BCUT2D eigenvalue weighted by Crippen LogP contribution is 2.35. The van der Waals surface area contributed by atoms with E-state index >= 15 is 0 Å². The number of nitrogens with zero attached hydrogens (tertiary/aromatic N) is 4. The number of fused-ring (bicyclic) bond motifs is 1. The number of hydrogen-bond donors (Lipinski definition) is 1. The van der Waals surface area contributed by atoms with Gasteiger partial charge in [0.1, 0.15) is 0 Å². The first-order valence-electron chi connectivity index (χ1n) is 10.0. The number of benzene rings is 2. The zero-order valence-corrected chi connectivity index (χ0v) is 18.9. The van der Waals surface area contributed by atoms with Gasteiger partial charge in [0.25, 0.3) is 5.91 Å². The quantitative estimate of drug-likeness (QED) is 0.461. The van der Waals surface area contributed by atoms with Crippen LogP contribution in [-0.4, -0.2) is 39.9 Å². The summed E-state index contributed by atoms with van der Waals surface area (Å²) in [5, 5.41) is 16.5. The molecule has 0 atom stereocenters. The zero-order chi connectivity index (χ0) is 22.8. The average molecular weight is 452 g/mol. The van der Waals surface area contributed by atoms with Gasteiger partial charge in [-0.05, 0) is 43.2 Å². The van der Waals surface area contributed by atoms with E-state index in [4.69, 9.17) is 26.2 Å². The molecule has 32 heavy (non-hydrogen) atoms. The number of carbonyl (C=O) groups excluding carboxylic acids is 1. The Morgan fingerprint density at radius 2 is 1.84 bits per heavy atom. The molecular weight excluding hydrogens is 430 g/mol. The monoisotopic (exact) mass is 451 g/mol. The molecule has 0 aliphatic carbocycles. The van der Waals surface area contributed by atoms with E-state index < -0.39 is 5.91 Å². The van der Waals surface area contributed by atoms with Crippen LogP contribution in [0.15, 0.2) is 42.5 Å². The highest BCUT2D eigenvalue weighted by atomic mass is 35.5. The van der Waals surface area contributed by atoms with Crippen molar-refractivity contribution in [3.8, 4) is 22.6 Å². The largest absolute Gasteiger partial charge is 0.493 e. The summed E-state index contributed by atoms with van der Waals surface area (Å²) in [6.45, 7) is 3.80. The van der Waals surface area contributed by atoms with Crippen molar-refractivity contribution in [3.63, 3.8) is 0 Å². The van der Waals surface area contributed by atoms with Crippen LogP contribution in [0.1, 0.15) is 28.8 Å². The van der Waals surface area contributed by atoms with Crippen LogP contribution < -0.4 is 14.8 Å². The molecule has 0 aliphatic heterocycles. The predicted molar refractivity (Wildman–Crippen MR) is 123 cm³/mol. The SMILES string of the molecule is CCc1nn2c(C)c(C(=O)Nc3ccccc3Cl)nnc2c1-c1ccc(OC)c(OC)c1. The molecule has 0 saturated heterocycles. The zero-order valence-electron chi connectivity index (χ0n) is 18.1. The molecule has 0 fully saturated rings. The molecule has 2 heterocycles. The summed E-state index contributed by atoms with van der Waals surface area (Å²) in [6, 6.07) is 12.6. The van der Waals surface area contributed by atoms with Gasteiger partial charge in [0.2, 0.25) is 0 Å². The van der Waals surface area contributed by atoms with Crippen LogP contribution in [0.25, 0.3) is 16.8 Å². The minimum atomic E-state index is -0.411. The molecule has 1 amide bonds. The molecular formula is C23H22ClN5O3. The lowest BCUT2D eigenvalue weighted by atomic mass is 10.0. The summed E-state index contributed by atoms with van der Waals surface area (Å²) in [5.41, 5.74) is 4.33. The molecule has 164 valence electrons. The Morgan fingerprint density at radius 3 is 2.53 bits per heavy atom. The summed E-state index contributed by atoms with van der Waals surface area (Å²) >= 11 is 6.16. The van der Waals surface area contributed by atoms with Crippen LogP contribution in [0.4, 0.5) is 5.69 Å². The van der Waals surface area contributed by atoms with E-state index in [2.05, 4.69) is 15.5 Å². The number of carbonyl (C=O) groups is 1. The van der Waals surface area contributed by atoms with Gasteiger partial charge in [0, 0.05) is 0 Å². The third-order valence-corrected chi connectivity index (χ3v) is 5.51. The molecule has 0 aliphatic rings. The van der Waals surface area contributed by atoms with Crippen molar-refractivity contribution in [1.29, 1.82) is 0 Å². The molecule has 0 radical (unpaired) electrons. The van der Waals surface area contributed by atoms with E-state index in [-0.39, 0.29) is 5.69 Å². The first kappa shape index (κ1) is 21.6. The minimum Gasteiger partial charge on any atom is -0.493 e. The van der Waals surface area contributed by atoms with Crippen molar-refractivity contribution in [2.45, 2.75) is 20.3 Å². The van der Waals surface area contributed by atoms with Crippen LogP contribution in [-0.2, 0) is 6.42 Å². The van der Waals surface area contributed by atoms with Gasteiger partial charge in [-0.3, -0.25) is 4.79 Å². The Balaban J connectivity index is 1.80. The van der Waals surface area contributed by atoms with Gasteiger partial charge < -0.3 is 14.8 Å². The minimum absolute atomic E-state index is 0.168. The lowest BCUT2D eigenvalue weighted by Crippen LogP contribution is -2.18. The summed E-state index contributed by atoms with van der Waals surface area (Å²) in [6.07, 6.45) is 0.674. The number of methoxy groups -OCH3 is 2. The molecule has 9 heteroatoms. The highest BCUT2D eigenvalue weighted by Gasteiger charge is 2.22. The molecule has 0 unspecified atom stereocenters. The summed E-state index contributed by atoms with van der Waals surface area (Å²) < 4.78 is 12.4. The van der Waals surface area contributed by atoms with Crippen molar-refractivity contribution in [2.75, 3.05) is 19.5 Å². The summed E-state index contributed by atoms with van der Waals surface area (Å²) in [7, 11) is 3.18. The summed E-state index contributed by atoms with van der Waals surface area (Å²) in [4.78, 5) is 12.9. The van der Waals surface area contributed by atoms with E-state index in [1.807, 2.05) is 25.1 Å². The number of nitrogens with one attached hydrogen (secondary N) is 1. The second kappa shape index (κ2) is 8.84. The van der Waals surface area contributed by atoms with Crippen molar-refractivity contribution in [2.24, 2.45) is 0 Å². The maximum absolute atomic E-state index is 12.9. The van der Waals surface area contributed by atoms with E-state index in [0.717, 1.165) is 16.8 Å². The molecule has 2 aromatic heterocycles. The second-order valence-corrected chi connectivity index (χ2v) is 7.46. The Kier molecular flexibility index (Phi) is 5.96. The van der Waals surface area contributed by atoms with E-state index in [1.54, 1.807) is 49.9 Å². The third kappa shape index (κ3) is 3.73. The van der Waals surface area contributed by atoms with Crippen LogP contribution >= 0.6 is 11.6 Å². The van der Waals surface area contributed by atoms with Crippen molar-refractivity contribution in [1.82, 2.24) is 19.8 Å². The number of hydrogen-bond acceptors (Lipinski definition) is 6. The molecule has 0 bridgehead atoms. The van der Waals surface area contributed by atoms with Crippen LogP contribution in [0.2, 0.25) is 5.02 Å². The normalized spacial score (nSPS) is 10.9. The van der Waals surface area contributed by atoms with Crippen LogP contribution in [0.3, 0.4) is 0 Å². The molecule has 4 aromatic rings. The standard InChI is InChI=1S/C23H22ClN5O3/c1-5-16-20(14-10-11-18(31-3)19(12-14)32-4)22-27-26-21(13(2)29(22)28-16)23(30)25-17-9-7-6-8-15(17)24/h6-12H,5H2,1-4H3,(H,25,30). The maximum atomic E-state index is 12.9. The van der Waals surface area contributed by atoms with Crippen molar-refractivity contribution >= 4 is 28.8 Å². The second-order valence-electron chi connectivity index (χ2n) is 7.05. The number of anilines is 1. The smallest absolute Gasteiger partial charge is 0.278 e. The Hall–Kier alpha value is -3.65. The Morgan fingerprint density at radius 1 is 1.09 bits per heavy atom. The highest BCUT2D eigenvalue weighted by molar-refractivity contribution is 6.33. The lowest BCUT2D eigenvalue weighted by molar-refractivity contribution is 0.102. The van der Waals surface area contributed by atoms with Gasteiger partial charge in [0.05, 0.1) is 41.9 Å². The van der Waals surface area contributed by atoms with Crippen LogP contribution in [0, 0.1) is 6.92 Å². The fourth-order valence-electron chi connectivity index (χ4n) is 3.54. The average Bonchev–Trinajstić information content (AvgIpc) is 3.20. The third-order valence-electron chi connectivity index (χ3n) is 5.18. The van der Waals surface area contributed by atoms with E-state index in [9.17, 15) is 4.79 Å². The predicted octanol–water partition coefficient (Wildman–Crippen LogP) is 4.59. The number of rotatable bonds is 6. The Labute approximate surface area is 190 Å². The summed E-state index contributed by atoms with van der Waals surface area (Å²) in [5.74, 6) is 0.824. The molecule has 0 spiro atoms. The number of amides is 1. The molecule has 1 N–H and O–H groups in total. The van der Waals surface area contributed by atoms with Crippen LogP contribution in [0.5, 0.6) is 11.5 Å². The van der Waals surface area contributed by atoms with Crippen molar-refractivity contribution < 1.29 is 14.3 Å². The fraction of sp³-hybridized carbons (Fsp3) is 0.217. The van der Waals surface area contributed by atoms with Gasteiger partial charge in [-0.1, -0.05) is 36.7 Å². The molecule has 2 aromatic carbocycles. The fourth-order valence-corrected chi connectivity index (χ4v) is 3.72. The lowest BCUT2D eigenvalue weighted by Gasteiger charge is -2.10. The number of halogens is 1. The molecule has 8 nitrogen and oxygen atoms in total. The number of aromatic nitrogens is 4.